The van der Waals surface area contributed by atoms with E-state index in [0.29, 0.717) is 30.3 Å². The molecule has 0 atom stereocenters. The Hall–Kier alpha value is -2.99. The summed E-state index contributed by atoms with van der Waals surface area (Å²) >= 11 is 0. The van der Waals surface area contributed by atoms with Crippen LogP contribution in [0.3, 0.4) is 0 Å². The molecule has 3 aliphatic rings. The topological polar surface area (TPSA) is 87.5 Å². The number of fused-ring (bicyclic) bond motifs is 1. The molecule has 0 unspecified atom stereocenters. The predicted molar refractivity (Wildman–Crippen MR) is 109 cm³/mol. The predicted octanol–water partition coefficient (Wildman–Crippen LogP) is 1.39. The van der Waals surface area contributed by atoms with Crippen LogP contribution in [0, 0.1) is 0 Å². The lowest BCUT2D eigenvalue weighted by Gasteiger charge is -2.35. The van der Waals surface area contributed by atoms with E-state index in [-0.39, 0.29) is 24.4 Å². The minimum atomic E-state index is -4.84. The molecule has 0 aromatic carbocycles. The molecule has 0 saturated carbocycles. The molecule has 1 aromatic heterocycles. The van der Waals surface area contributed by atoms with Gasteiger partial charge in [0.1, 0.15) is 16.9 Å². The van der Waals surface area contributed by atoms with Crippen LogP contribution in [0.1, 0.15) is 6.42 Å². The number of aromatic nitrogens is 1. The van der Waals surface area contributed by atoms with Gasteiger partial charge in [0, 0.05) is 38.8 Å². The van der Waals surface area contributed by atoms with E-state index in [1.807, 2.05) is 11.0 Å². The third-order valence-corrected chi connectivity index (χ3v) is 7.06. The van der Waals surface area contributed by atoms with Gasteiger partial charge in [-0.15, -0.1) is 13.2 Å². The van der Waals surface area contributed by atoms with E-state index >= 15 is 0 Å². The summed E-state index contributed by atoms with van der Waals surface area (Å²) in [7, 11) is -3.83. The Kier molecular flexibility index (Phi) is 6.15. The lowest BCUT2D eigenvalue weighted by Crippen LogP contribution is -2.48. The van der Waals surface area contributed by atoms with Gasteiger partial charge in [0.25, 0.3) is 0 Å². The monoisotopic (exact) mass is 467 g/mol. The van der Waals surface area contributed by atoms with Crippen molar-refractivity contribution in [2.75, 3.05) is 32.7 Å². The standard InChI is InChI=1S/C20H20F3N5O3S/c21-20(22,23)31-15-2-1-3-16(5-4-15)32(29,30)28-12-10-27(11-13-28)19-7-9-25-18-14-24-8-6-17(18)26-19/h1-2,4-8,14H,3,9-13H2. The van der Waals surface area contributed by atoms with Crippen LogP contribution in [0.2, 0.25) is 0 Å². The molecule has 1 aromatic rings. The highest BCUT2D eigenvalue weighted by Gasteiger charge is 2.33. The number of pyridine rings is 1. The highest BCUT2D eigenvalue weighted by Crippen LogP contribution is 2.26. The molecule has 0 N–H and O–H groups in total. The second kappa shape index (κ2) is 8.87. The summed E-state index contributed by atoms with van der Waals surface area (Å²) in [4.78, 5) is 15.1. The van der Waals surface area contributed by atoms with Gasteiger partial charge in [-0.25, -0.2) is 13.4 Å². The summed E-state index contributed by atoms with van der Waals surface area (Å²) in [6, 6.07) is 1.77. The molecule has 0 bridgehead atoms. The minimum Gasteiger partial charge on any atom is -0.406 e. The Balaban J connectivity index is 1.45. The van der Waals surface area contributed by atoms with Crippen LogP contribution >= 0.6 is 0 Å². The largest absolute Gasteiger partial charge is 0.573 e. The molecule has 1 aliphatic carbocycles. The fourth-order valence-electron chi connectivity index (χ4n) is 3.50. The van der Waals surface area contributed by atoms with Gasteiger partial charge < -0.3 is 9.64 Å². The Bertz CT molecular complexity index is 1230. The number of hydrogen-bond acceptors (Lipinski definition) is 7. The van der Waals surface area contributed by atoms with Crippen molar-refractivity contribution in [2.45, 2.75) is 12.8 Å². The average Bonchev–Trinajstić information content (AvgIpc) is 3.11. The van der Waals surface area contributed by atoms with Gasteiger partial charge in [-0.1, -0.05) is 6.08 Å². The first-order chi connectivity index (χ1) is 15.2. The summed E-state index contributed by atoms with van der Waals surface area (Å²) in [5, 5.41) is 1.41. The summed E-state index contributed by atoms with van der Waals surface area (Å²) in [5.74, 6) is 0.263. The number of ether oxygens (including phenoxy) is 1. The maximum Gasteiger partial charge on any atom is 0.573 e. The van der Waals surface area contributed by atoms with Gasteiger partial charge in [0.2, 0.25) is 10.0 Å². The quantitative estimate of drug-likeness (QED) is 0.668. The Morgan fingerprint density at radius 2 is 1.84 bits per heavy atom. The van der Waals surface area contributed by atoms with Gasteiger partial charge in [-0.05, 0) is 30.4 Å². The lowest BCUT2D eigenvalue weighted by molar-refractivity contribution is -0.303. The van der Waals surface area contributed by atoms with E-state index < -0.39 is 22.1 Å². The van der Waals surface area contributed by atoms with Crippen LogP contribution < -0.4 is 10.7 Å². The molecule has 1 fully saturated rings. The van der Waals surface area contributed by atoms with Crippen LogP contribution in [-0.2, 0) is 14.8 Å². The van der Waals surface area contributed by atoms with Crippen LogP contribution in [0.5, 0.6) is 0 Å². The molecule has 32 heavy (non-hydrogen) atoms. The van der Waals surface area contributed by atoms with Crippen molar-refractivity contribution in [3.05, 3.63) is 76.0 Å². The molecule has 2 aliphatic heterocycles. The number of halogens is 3. The SMILES string of the molecule is O=S(=O)(C1=CC=C(OC(F)(F)F)C=CC1)N1CCN(C2=CCN=c3cnccc3=N2)CC1. The number of rotatable bonds is 4. The second-order valence-corrected chi connectivity index (χ2v) is 9.12. The Morgan fingerprint density at radius 3 is 2.59 bits per heavy atom. The van der Waals surface area contributed by atoms with Crippen molar-refractivity contribution in [1.82, 2.24) is 14.2 Å². The van der Waals surface area contributed by atoms with Gasteiger partial charge in [0.05, 0.1) is 23.0 Å². The van der Waals surface area contributed by atoms with Crippen molar-refractivity contribution >= 4 is 10.0 Å². The molecule has 4 rings (SSSR count). The minimum absolute atomic E-state index is 0.0153. The Morgan fingerprint density at radius 1 is 1.06 bits per heavy atom. The highest BCUT2D eigenvalue weighted by atomic mass is 32.2. The summed E-state index contributed by atoms with van der Waals surface area (Å²) in [6.45, 7) is 1.76. The maximum atomic E-state index is 13.0. The fraction of sp³-hybridized carbons (Fsp3) is 0.350. The zero-order valence-corrected chi connectivity index (χ0v) is 17.7. The fourth-order valence-corrected chi connectivity index (χ4v) is 5.02. The van der Waals surface area contributed by atoms with Crippen LogP contribution in [0.4, 0.5) is 13.2 Å². The van der Waals surface area contributed by atoms with Gasteiger partial charge in [0.15, 0.2) is 0 Å². The van der Waals surface area contributed by atoms with Crippen molar-refractivity contribution < 1.29 is 26.3 Å². The van der Waals surface area contributed by atoms with E-state index in [4.69, 9.17) is 0 Å². The van der Waals surface area contributed by atoms with Crippen molar-refractivity contribution in [3.8, 4) is 0 Å². The number of alkyl halides is 3. The first-order valence-corrected chi connectivity index (χ1v) is 11.3. The van der Waals surface area contributed by atoms with E-state index in [9.17, 15) is 21.6 Å². The molecule has 12 heteroatoms. The Labute approximate surface area is 182 Å². The molecule has 170 valence electrons. The van der Waals surface area contributed by atoms with E-state index in [1.54, 1.807) is 18.5 Å². The zero-order valence-electron chi connectivity index (χ0n) is 16.9. The number of sulfonamides is 1. The molecule has 3 heterocycles. The van der Waals surface area contributed by atoms with E-state index in [2.05, 4.69) is 19.7 Å². The summed E-state index contributed by atoms with van der Waals surface area (Å²) in [5.41, 5.74) is 0. The van der Waals surface area contributed by atoms with Crippen molar-refractivity contribution in [3.63, 3.8) is 0 Å². The van der Waals surface area contributed by atoms with Crippen LogP contribution in [0.15, 0.2) is 75.3 Å². The third-order valence-electron chi connectivity index (χ3n) is 5.05. The van der Waals surface area contributed by atoms with Crippen LogP contribution in [0.25, 0.3) is 0 Å². The van der Waals surface area contributed by atoms with E-state index in [1.165, 1.54) is 16.5 Å². The first kappa shape index (κ1) is 22.2. The van der Waals surface area contributed by atoms with Gasteiger partial charge in [-0.3, -0.25) is 9.98 Å². The molecule has 8 nitrogen and oxygen atoms in total. The molecule has 0 radical (unpaired) electrons. The zero-order chi connectivity index (χ0) is 22.8. The number of nitrogens with zero attached hydrogens (tertiary/aromatic N) is 5. The highest BCUT2D eigenvalue weighted by molar-refractivity contribution is 7.93. The number of hydrogen-bond donors (Lipinski definition) is 0. The average molecular weight is 467 g/mol. The third kappa shape index (κ3) is 5.07. The molecular weight excluding hydrogens is 447 g/mol. The molecule has 1 saturated heterocycles. The lowest BCUT2D eigenvalue weighted by atomic mass is 10.3. The van der Waals surface area contributed by atoms with Gasteiger partial charge in [-0.2, -0.15) is 4.31 Å². The number of allylic oxidation sites excluding steroid dienone is 5. The molecular formula is C20H20F3N5O3S. The molecule has 0 amide bonds. The van der Waals surface area contributed by atoms with Crippen LogP contribution in [-0.4, -0.2) is 61.7 Å². The van der Waals surface area contributed by atoms with Crippen molar-refractivity contribution in [2.24, 2.45) is 9.98 Å². The van der Waals surface area contributed by atoms with E-state index in [0.717, 1.165) is 18.0 Å². The smallest absolute Gasteiger partial charge is 0.406 e. The second-order valence-electron chi connectivity index (χ2n) is 7.13. The summed E-state index contributed by atoms with van der Waals surface area (Å²) in [6.07, 6.45) is 4.95. The van der Waals surface area contributed by atoms with Crippen molar-refractivity contribution in [1.29, 1.82) is 0 Å². The number of piperazine rings is 1. The summed E-state index contributed by atoms with van der Waals surface area (Å²) < 4.78 is 68.6. The van der Waals surface area contributed by atoms with Gasteiger partial charge >= 0.3 is 6.36 Å². The normalized spacial score (nSPS) is 20.0. The first-order valence-electron chi connectivity index (χ1n) is 9.84. The maximum absolute atomic E-state index is 13.0. The molecule has 0 spiro atoms.